The molecule has 3 N–H and O–H groups in total. The van der Waals surface area contributed by atoms with E-state index in [9.17, 15) is 4.79 Å². The first-order chi connectivity index (χ1) is 9.71. The largest absolute Gasteiger partial charge is 0.396 e. The molecule has 0 radical (unpaired) electrons. The van der Waals surface area contributed by atoms with Gasteiger partial charge >= 0.3 is 0 Å². The van der Waals surface area contributed by atoms with Crippen LogP contribution in [0.1, 0.15) is 45.4 Å². The molecule has 1 heterocycles. The molecule has 0 bridgehead atoms. The summed E-state index contributed by atoms with van der Waals surface area (Å²) in [6.07, 6.45) is 5.10. The predicted molar refractivity (Wildman–Crippen MR) is 79.4 cm³/mol. The van der Waals surface area contributed by atoms with Crippen molar-refractivity contribution in [2.24, 2.45) is 5.92 Å². The molecule has 1 aliphatic heterocycles. The standard InChI is InChI=1S/C15H30N2O3/c1-2-5-15(20)17-11-13(6-3-8-18)10-14(12-17)16-7-4-9-19/h13-14,16,18-19H,2-12H2,1H3. The van der Waals surface area contributed by atoms with Gasteiger partial charge in [0.15, 0.2) is 0 Å². The third-order valence-corrected chi connectivity index (χ3v) is 3.89. The number of carbonyl (C=O) groups is 1. The fraction of sp³-hybridized carbons (Fsp3) is 0.933. The lowest BCUT2D eigenvalue weighted by Gasteiger charge is -2.38. The maximum absolute atomic E-state index is 12.1. The van der Waals surface area contributed by atoms with Crippen molar-refractivity contribution in [3.05, 3.63) is 0 Å². The molecule has 0 aromatic heterocycles. The molecule has 0 saturated carbocycles. The zero-order valence-corrected chi connectivity index (χ0v) is 12.7. The van der Waals surface area contributed by atoms with E-state index < -0.39 is 0 Å². The minimum absolute atomic E-state index is 0.201. The number of aliphatic hydroxyl groups is 2. The predicted octanol–water partition coefficient (Wildman–Crippen LogP) is 0.748. The van der Waals surface area contributed by atoms with Crippen molar-refractivity contribution in [2.75, 3.05) is 32.8 Å². The van der Waals surface area contributed by atoms with Crippen LogP contribution in [0.4, 0.5) is 0 Å². The van der Waals surface area contributed by atoms with E-state index in [1.165, 1.54) is 0 Å². The van der Waals surface area contributed by atoms with Gasteiger partial charge in [-0.3, -0.25) is 4.79 Å². The quantitative estimate of drug-likeness (QED) is 0.547. The van der Waals surface area contributed by atoms with Gasteiger partial charge in [0, 0.05) is 38.8 Å². The van der Waals surface area contributed by atoms with Crippen LogP contribution in [0, 0.1) is 5.92 Å². The molecule has 5 nitrogen and oxygen atoms in total. The number of nitrogens with one attached hydrogen (secondary N) is 1. The number of amides is 1. The number of hydrogen-bond acceptors (Lipinski definition) is 4. The second-order valence-electron chi connectivity index (χ2n) is 5.74. The van der Waals surface area contributed by atoms with Gasteiger partial charge in [0.2, 0.25) is 5.91 Å². The van der Waals surface area contributed by atoms with Gasteiger partial charge in [-0.25, -0.2) is 0 Å². The van der Waals surface area contributed by atoms with Crippen LogP contribution in [-0.2, 0) is 4.79 Å². The van der Waals surface area contributed by atoms with Gasteiger partial charge in [0.05, 0.1) is 0 Å². The van der Waals surface area contributed by atoms with Crippen molar-refractivity contribution in [2.45, 2.75) is 51.5 Å². The summed E-state index contributed by atoms with van der Waals surface area (Å²) < 4.78 is 0. The SMILES string of the molecule is CCCC(=O)N1CC(CCCO)CC(NCCCO)C1. The molecule has 1 fully saturated rings. The fourth-order valence-electron chi connectivity index (χ4n) is 2.90. The summed E-state index contributed by atoms with van der Waals surface area (Å²) in [6.45, 7) is 4.86. The smallest absolute Gasteiger partial charge is 0.222 e. The molecule has 1 rings (SSSR count). The Bertz CT molecular complexity index is 274. The summed E-state index contributed by atoms with van der Waals surface area (Å²) in [5, 5.41) is 21.3. The van der Waals surface area contributed by atoms with E-state index in [4.69, 9.17) is 10.2 Å². The zero-order chi connectivity index (χ0) is 14.8. The van der Waals surface area contributed by atoms with Crippen LogP contribution in [0.3, 0.4) is 0 Å². The van der Waals surface area contributed by atoms with Gasteiger partial charge in [-0.1, -0.05) is 6.92 Å². The third kappa shape index (κ3) is 6.20. The molecule has 0 aliphatic carbocycles. The van der Waals surface area contributed by atoms with E-state index in [0.717, 1.165) is 51.7 Å². The van der Waals surface area contributed by atoms with Crippen LogP contribution in [0.15, 0.2) is 0 Å². The summed E-state index contributed by atoms with van der Waals surface area (Å²) in [6, 6.07) is 0.319. The Labute approximate surface area is 122 Å². The van der Waals surface area contributed by atoms with Crippen molar-refractivity contribution in [3.63, 3.8) is 0 Å². The summed E-state index contributed by atoms with van der Waals surface area (Å²) in [7, 11) is 0. The van der Waals surface area contributed by atoms with E-state index in [1.54, 1.807) is 0 Å². The van der Waals surface area contributed by atoms with Gasteiger partial charge < -0.3 is 20.4 Å². The van der Waals surface area contributed by atoms with Gasteiger partial charge in [-0.05, 0) is 44.6 Å². The first kappa shape index (κ1) is 17.4. The van der Waals surface area contributed by atoms with Gasteiger partial charge in [0.25, 0.3) is 0 Å². The number of aliphatic hydroxyl groups excluding tert-OH is 2. The van der Waals surface area contributed by atoms with E-state index >= 15 is 0 Å². The average molecular weight is 286 g/mol. The second-order valence-corrected chi connectivity index (χ2v) is 5.74. The van der Waals surface area contributed by atoms with Crippen LogP contribution >= 0.6 is 0 Å². The highest BCUT2D eigenvalue weighted by Gasteiger charge is 2.28. The maximum Gasteiger partial charge on any atom is 0.222 e. The number of carbonyl (C=O) groups excluding carboxylic acids is 1. The fourth-order valence-corrected chi connectivity index (χ4v) is 2.90. The molecule has 1 amide bonds. The van der Waals surface area contributed by atoms with Crippen molar-refractivity contribution in [3.8, 4) is 0 Å². The van der Waals surface area contributed by atoms with E-state index in [1.807, 2.05) is 11.8 Å². The molecular formula is C15H30N2O3. The van der Waals surface area contributed by atoms with Crippen LogP contribution in [0.25, 0.3) is 0 Å². The number of rotatable bonds is 9. The van der Waals surface area contributed by atoms with Gasteiger partial charge in [0.1, 0.15) is 0 Å². The van der Waals surface area contributed by atoms with Crippen molar-refractivity contribution in [1.82, 2.24) is 10.2 Å². The molecule has 2 atom stereocenters. The highest BCUT2D eigenvalue weighted by atomic mass is 16.3. The lowest BCUT2D eigenvalue weighted by molar-refractivity contribution is -0.133. The molecule has 1 aliphatic rings. The Morgan fingerprint density at radius 2 is 2.00 bits per heavy atom. The van der Waals surface area contributed by atoms with Crippen molar-refractivity contribution < 1.29 is 15.0 Å². The summed E-state index contributed by atoms with van der Waals surface area (Å²) in [5.74, 6) is 0.721. The normalized spacial score (nSPS) is 23.1. The maximum atomic E-state index is 12.1. The Balaban J connectivity index is 2.50. The van der Waals surface area contributed by atoms with Crippen molar-refractivity contribution in [1.29, 1.82) is 0 Å². The Hall–Kier alpha value is -0.650. The van der Waals surface area contributed by atoms with Crippen molar-refractivity contribution >= 4 is 5.91 Å². The monoisotopic (exact) mass is 286 g/mol. The Morgan fingerprint density at radius 3 is 2.65 bits per heavy atom. The highest BCUT2D eigenvalue weighted by Crippen LogP contribution is 2.22. The Kier molecular flexibility index (Phi) is 8.82. The topological polar surface area (TPSA) is 72.8 Å². The molecule has 0 aromatic carbocycles. The molecule has 20 heavy (non-hydrogen) atoms. The first-order valence-corrected chi connectivity index (χ1v) is 7.94. The third-order valence-electron chi connectivity index (χ3n) is 3.89. The zero-order valence-electron chi connectivity index (χ0n) is 12.7. The number of hydrogen-bond donors (Lipinski definition) is 3. The van der Waals surface area contributed by atoms with Crippen LogP contribution in [0.5, 0.6) is 0 Å². The summed E-state index contributed by atoms with van der Waals surface area (Å²) >= 11 is 0. The van der Waals surface area contributed by atoms with E-state index in [2.05, 4.69) is 5.32 Å². The highest BCUT2D eigenvalue weighted by molar-refractivity contribution is 5.76. The minimum Gasteiger partial charge on any atom is -0.396 e. The number of likely N-dealkylation sites (tertiary alicyclic amines) is 1. The molecular weight excluding hydrogens is 256 g/mol. The van der Waals surface area contributed by atoms with E-state index in [0.29, 0.717) is 18.4 Å². The molecule has 118 valence electrons. The van der Waals surface area contributed by atoms with E-state index in [-0.39, 0.29) is 19.1 Å². The van der Waals surface area contributed by atoms with Crippen LogP contribution in [0.2, 0.25) is 0 Å². The average Bonchev–Trinajstić information content (AvgIpc) is 2.45. The van der Waals surface area contributed by atoms with Crippen LogP contribution in [-0.4, -0.2) is 59.9 Å². The molecule has 5 heteroatoms. The molecule has 0 aromatic rings. The number of nitrogens with zero attached hydrogens (tertiary/aromatic N) is 1. The molecule has 0 spiro atoms. The first-order valence-electron chi connectivity index (χ1n) is 7.94. The number of piperidine rings is 1. The Morgan fingerprint density at radius 1 is 1.25 bits per heavy atom. The van der Waals surface area contributed by atoms with Gasteiger partial charge in [-0.15, -0.1) is 0 Å². The lowest BCUT2D eigenvalue weighted by Crippen LogP contribution is -2.51. The summed E-state index contributed by atoms with van der Waals surface area (Å²) in [4.78, 5) is 14.1. The second kappa shape index (κ2) is 10.1. The molecule has 1 saturated heterocycles. The minimum atomic E-state index is 0.201. The molecule has 2 unspecified atom stereocenters. The summed E-state index contributed by atoms with van der Waals surface area (Å²) in [5.41, 5.74) is 0. The lowest BCUT2D eigenvalue weighted by atomic mass is 9.90. The van der Waals surface area contributed by atoms with Crippen LogP contribution < -0.4 is 5.32 Å². The van der Waals surface area contributed by atoms with Gasteiger partial charge in [-0.2, -0.15) is 0 Å².